The highest BCUT2D eigenvalue weighted by Crippen LogP contribution is 2.26. The summed E-state index contributed by atoms with van der Waals surface area (Å²) in [6.07, 6.45) is 1.40. The molecule has 0 spiro atoms. The third kappa shape index (κ3) is 5.00. The van der Waals surface area contributed by atoms with Crippen LogP contribution in [0.5, 0.6) is 0 Å². The predicted molar refractivity (Wildman–Crippen MR) is 76.7 cm³/mol. The van der Waals surface area contributed by atoms with Crippen molar-refractivity contribution in [1.82, 2.24) is 9.88 Å². The lowest BCUT2D eigenvalue weighted by atomic mass is 9.93. The normalized spacial score (nSPS) is 11.7. The molecule has 0 amide bonds. The van der Waals surface area contributed by atoms with E-state index in [1.54, 1.807) is 0 Å². The van der Waals surface area contributed by atoms with E-state index < -0.39 is 4.92 Å². The molecule has 1 rings (SSSR count). The Balaban J connectivity index is 2.80. The van der Waals surface area contributed by atoms with Gasteiger partial charge in [-0.25, -0.2) is 4.98 Å². The number of hydrogen-bond acceptors (Lipinski definition) is 5. The van der Waals surface area contributed by atoms with Gasteiger partial charge in [0.1, 0.15) is 0 Å². The van der Waals surface area contributed by atoms with Gasteiger partial charge in [-0.1, -0.05) is 25.4 Å². The summed E-state index contributed by atoms with van der Waals surface area (Å²) in [5.74, 6) is 0.251. The van der Waals surface area contributed by atoms with E-state index in [1.807, 2.05) is 14.1 Å². The van der Waals surface area contributed by atoms with Crippen molar-refractivity contribution < 1.29 is 4.92 Å². The molecule has 0 aliphatic heterocycles. The monoisotopic (exact) mass is 286 g/mol. The fraction of sp³-hybridized carbons (Fsp3) is 0.583. The van der Waals surface area contributed by atoms with Crippen LogP contribution in [0.15, 0.2) is 12.3 Å². The van der Waals surface area contributed by atoms with Crippen LogP contribution in [0.1, 0.15) is 13.8 Å². The molecule has 0 atom stereocenters. The molecule has 106 valence electrons. The number of nitrogens with zero attached hydrogens (tertiary/aromatic N) is 3. The van der Waals surface area contributed by atoms with Gasteiger partial charge in [-0.05, 0) is 19.5 Å². The summed E-state index contributed by atoms with van der Waals surface area (Å²) in [6.45, 7) is 5.62. The highest BCUT2D eigenvalue weighted by Gasteiger charge is 2.22. The van der Waals surface area contributed by atoms with Crippen LogP contribution in [-0.2, 0) is 0 Å². The zero-order valence-corrected chi connectivity index (χ0v) is 12.4. The van der Waals surface area contributed by atoms with Crippen molar-refractivity contribution >= 4 is 23.1 Å². The SMILES string of the molecule is CN(C)CC(C)(C)CNc1ncc(Cl)cc1[N+](=O)[O-]. The van der Waals surface area contributed by atoms with E-state index in [9.17, 15) is 10.1 Å². The first-order chi connectivity index (χ1) is 8.71. The first-order valence-electron chi connectivity index (χ1n) is 5.90. The summed E-state index contributed by atoms with van der Waals surface area (Å²) in [7, 11) is 3.98. The van der Waals surface area contributed by atoms with Gasteiger partial charge < -0.3 is 10.2 Å². The van der Waals surface area contributed by atoms with Crippen molar-refractivity contribution in [2.45, 2.75) is 13.8 Å². The second kappa shape index (κ2) is 6.16. The minimum absolute atomic E-state index is 0.0291. The first kappa shape index (κ1) is 15.7. The van der Waals surface area contributed by atoms with Gasteiger partial charge >= 0.3 is 5.69 Å². The van der Waals surface area contributed by atoms with Crippen LogP contribution >= 0.6 is 11.6 Å². The second-order valence-electron chi connectivity index (χ2n) is 5.53. The number of aromatic nitrogens is 1. The molecule has 0 bridgehead atoms. The molecule has 1 heterocycles. The molecule has 0 unspecified atom stereocenters. The maximum absolute atomic E-state index is 10.9. The van der Waals surface area contributed by atoms with Crippen LogP contribution in [0.25, 0.3) is 0 Å². The summed E-state index contributed by atoms with van der Waals surface area (Å²) >= 11 is 5.72. The molecular formula is C12H19ClN4O2. The maximum Gasteiger partial charge on any atom is 0.312 e. The lowest BCUT2D eigenvalue weighted by molar-refractivity contribution is -0.384. The van der Waals surface area contributed by atoms with Crippen molar-refractivity contribution in [2.24, 2.45) is 5.41 Å². The van der Waals surface area contributed by atoms with E-state index in [0.29, 0.717) is 6.54 Å². The third-order valence-corrected chi connectivity index (χ3v) is 2.72. The zero-order chi connectivity index (χ0) is 14.6. The molecule has 0 aromatic carbocycles. The average molecular weight is 287 g/mol. The minimum Gasteiger partial charge on any atom is -0.364 e. The fourth-order valence-corrected chi connectivity index (χ4v) is 2.09. The second-order valence-corrected chi connectivity index (χ2v) is 5.97. The summed E-state index contributed by atoms with van der Waals surface area (Å²) in [4.78, 5) is 16.5. The van der Waals surface area contributed by atoms with Gasteiger partial charge in [0.15, 0.2) is 0 Å². The van der Waals surface area contributed by atoms with Gasteiger partial charge in [0.2, 0.25) is 5.82 Å². The van der Waals surface area contributed by atoms with Crippen molar-refractivity contribution in [1.29, 1.82) is 0 Å². The Labute approximate surface area is 117 Å². The van der Waals surface area contributed by atoms with Gasteiger partial charge in [-0.15, -0.1) is 0 Å². The van der Waals surface area contributed by atoms with Crippen molar-refractivity contribution in [2.75, 3.05) is 32.5 Å². The van der Waals surface area contributed by atoms with Crippen LogP contribution in [0, 0.1) is 15.5 Å². The topological polar surface area (TPSA) is 71.3 Å². The molecule has 6 nitrogen and oxygen atoms in total. The lowest BCUT2D eigenvalue weighted by Gasteiger charge is -2.28. The number of rotatable bonds is 6. The fourth-order valence-electron chi connectivity index (χ4n) is 1.94. The van der Waals surface area contributed by atoms with Crippen molar-refractivity contribution in [3.8, 4) is 0 Å². The largest absolute Gasteiger partial charge is 0.364 e. The summed E-state index contributed by atoms with van der Waals surface area (Å²) < 4.78 is 0. The molecule has 0 aliphatic carbocycles. The molecule has 0 aliphatic rings. The highest BCUT2D eigenvalue weighted by molar-refractivity contribution is 6.30. The lowest BCUT2D eigenvalue weighted by Crippen LogP contribution is -2.34. The van der Waals surface area contributed by atoms with Gasteiger partial charge in [-0.3, -0.25) is 10.1 Å². The van der Waals surface area contributed by atoms with E-state index in [1.165, 1.54) is 12.3 Å². The number of pyridine rings is 1. The van der Waals surface area contributed by atoms with Gasteiger partial charge in [0, 0.05) is 25.4 Å². The quantitative estimate of drug-likeness (QED) is 0.643. The number of halogens is 1. The van der Waals surface area contributed by atoms with Crippen molar-refractivity contribution in [3.63, 3.8) is 0 Å². The number of nitrogens with one attached hydrogen (secondary N) is 1. The van der Waals surface area contributed by atoms with E-state index in [4.69, 9.17) is 11.6 Å². The minimum atomic E-state index is -0.486. The Bertz CT molecular complexity index is 463. The maximum atomic E-state index is 10.9. The van der Waals surface area contributed by atoms with E-state index in [0.717, 1.165) is 6.54 Å². The standard InChI is InChI=1S/C12H19ClN4O2/c1-12(2,8-16(3)4)7-15-11-10(17(18)19)5-9(13)6-14-11/h5-6H,7-8H2,1-4H3,(H,14,15). The van der Waals surface area contributed by atoms with Crippen LogP contribution in [0.2, 0.25) is 5.02 Å². The van der Waals surface area contributed by atoms with Crippen LogP contribution in [0.4, 0.5) is 11.5 Å². The average Bonchev–Trinajstić information content (AvgIpc) is 2.25. The molecule has 1 aromatic rings. The predicted octanol–water partition coefficient (Wildman–Crippen LogP) is 2.64. The number of anilines is 1. The van der Waals surface area contributed by atoms with E-state index >= 15 is 0 Å². The highest BCUT2D eigenvalue weighted by atomic mass is 35.5. The Morgan fingerprint density at radius 1 is 1.53 bits per heavy atom. The Hall–Kier alpha value is -1.40. The Morgan fingerprint density at radius 3 is 2.68 bits per heavy atom. The zero-order valence-electron chi connectivity index (χ0n) is 11.6. The number of nitro groups is 1. The Kier molecular flexibility index (Phi) is 5.08. The molecule has 0 radical (unpaired) electrons. The molecule has 0 saturated carbocycles. The first-order valence-corrected chi connectivity index (χ1v) is 6.27. The molecule has 1 aromatic heterocycles. The van der Waals surface area contributed by atoms with Gasteiger partial charge in [0.25, 0.3) is 0 Å². The molecule has 1 N–H and O–H groups in total. The molecule has 19 heavy (non-hydrogen) atoms. The van der Waals surface area contributed by atoms with Gasteiger partial charge in [-0.2, -0.15) is 0 Å². The van der Waals surface area contributed by atoms with Crippen LogP contribution < -0.4 is 5.32 Å². The molecular weight excluding hydrogens is 268 g/mol. The van der Waals surface area contributed by atoms with Crippen LogP contribution in [0.3, 0.4) is 0 Å². The molecule has 0 saturated heterocycles. The summed E-state index contributed by atoms with van der Waals surface area (Å²) in [5, 5.41) is 14.2. The third-order valence-electron chi connectivity index (χ3n) is 2.51. The smallest absolute Gasteiger partial charge is 0.312 e. The summed E-state index contributed by atoms with van der Waals surface area (Å²) in [5.41, 5.74) is -0.133. The number of hydrogen-bond donors (Lipinski definition) is 1. The van der Waals surface area contributed by atoms with Crippen molar-refractivity contribution in [3.05, 3.63) is 27.4 Å². The van der Waals surface area contributed by atoms with Gasteiger partial charge in [0.05, 0.1) is 9.95 Å². The Morgan fingerprint density at radius 2 is 2.16 bits per heavy atom. The molecule has 7 heteroatoms. The molecule has 0 fully saturated rings. The van der Waals surface area contributed by atoms with E-state index in [-0.39, 0.29) is 21.9 Å². The van der Waals surface area contributed by atoms with E-state index in [2.05, 4.69) is 29.0 Å². The van der Waals surface area contributed by atoms with Crippen LogP contribution in [-0.4, -0.2) is 42.0 Å². The summed E-state index contributed by atoms with van der Waals surface area (Å²) in [6, 6.07) is 1.30.